The first-order valence-corrected chi connectivity index (χ1v) is 12.7. The summed E-state index contributed by atoms with van der Waals surface area (Å²) in [6.07, 6.45) is 7.69. The van der Waals surface area contributed by atoms with Gasteiger partial charge in [-0.3, -0.25) is 9.48 Å². The smallest absolute Gasteiger partial charge is 0.242 e. The van der Waals surface area contributed by atoms with E-state index in [1.54, 1.807) is 6.33 Å². The van der Waals surface area contributed by atoms with E-state index in [0.29, 0.717) is 23.4 Å². The summed E-state index contributed by atoms with van der Waals surface area (Å²) in [5.41, 5.74) is 3.01. The van der Waals surface area contributed by atoms with Crippen molar-refractivity contribution in [3.8, 4) is 0 Å². The quantitative estimate of drug-likeness (QED) is 0.511. The van der Waals surface area contributed by atoms with Crippen molar-refractivity contribution >= 4 is 34.8 Å². The molecule has 4 bridgehead atoms. The maximum atomic E-state index is 13.9. The van der Waals surface area contributed by atoms with Crippen LogP contribution in [-0.4, -0.2) is 30.5 Å². The number of benzene rings is 1. The fourth-order valence-electron chi connectivity index (χ4n) is 7.29. The van der Waals surface area contributed by atoms with Gasteiger partial charge in [0.2, 0.25) is 11.2 Å². The molecule has 3 aromatic rings. The van der Waals surface area contributed by atoms with Crippen molar-refractivity contribution in [2.75, 3.05) is 5.32 Å². The molecule has 0 spiro atoms. The van der Waals surface area contributed by atoms with Crippen molar-refractivity contribution in [3.63, 3.8) is 0 Å². The molecule has 4 aliphatic rings. The standard InChI is InChI=1S/C25H28Cl2N6O/c1-15-21(16(2)32(30-15)12-19-5-3-4-6-20(19)26)29-22(34)24-8-17-7-18(9-24)11-25(10-17,13-24)33-14-28-23(27)31-33/h3-6,14,17-18H,7-13H2,1-2H3,(H,29,34). The number of hydrogen-bond acceptors (Lipinski definition) is 4. The second-order valence-electron chi connectivity index (χ2n) is 10.7. The Hall–Kier alpha value is -2.38. The van der Waals surface area contributed by atoms with Crippen LogP contribution in [-0.2, 0) is 16.9 Å². The lowest BCUT2D eigenvalue weighted by Gasteiger charge is -2.60. The van der Waals surface area contributed by atoms with Gasteiger partial charge in [0.05, 0.1) is 34.6 Å². The predicted molar refractivity (Wildman–Crippen MR) is 131 cm³/mol. The third kappa shape index (κ3) is 3.47. The number of anilines is 1. The molecule has 7 nitrogen and oxygen atoms in total. The number of hydrogen-bond donors (Lipinski definition) is 1. The average molecular weight is 499 g/mol. The summed E-state index contributed by atoms with van der Waals surface area (Å²) in [5, 5.41) is 13.5. The van der Waals surface area contributed by atoms with Gasteiger partial charge in [0.1, 0.15) is 6.33 Å². The SMILES string of the molecule is Cc1nn(Cc2ccccc2Cl)c(C)c1NC(=O)C12CC3CC(C1)CC(n1cnc(Cl)n1)(C3)C2. The molecule has 1 amide bonds. The van der Waals surface area contributed by atoms with Crippen LogP contribution in [0.4, 0.5) is 5.69 Å². The highest BCUT2D eigenvalue weighted by atomic mass is 35.5. The maximum Gasteiger partial charge on any atom is 0.242 e. The van der Waals surface area contributed by atoms with Crippen molar-refractivity contribution in [1.82, 2.24) is 24.5 Å². The molecule has 4 fully saturated rings. The molecule has 4 aliphatic carbocycles. The van der Waals surface area contributed by atoms with E-state index in [0.717, 1.165) is 54.7 Å². The molecule has 2 atom stereocenters. The first-order chi connectivity index (χ1) is 16.3. The van der Waals surface area contributed by atoms with E-state index < -0.39 is 5.41 Å². The lowest BCUT2D eigenvalue weighted by Crippen LogP contribution is -2.60. The van der Waals surface area contributed by atoms with Crippen molar-refractivity contribution < 1.29 is 4.79 Å². The van der Waals surface area contributed by atoms with Crippen LogP contribution in [0.1, 0.15) is 55.5 Å². The predicted octanol–water partition coefficient (Wildman–Crippen LogP) is 5.38. The highest BCUT2D eigenvalue weighted by Crippen LogP contribution is 2.64. The number of aryl methyl sites for hydroxylation is 1. The lowest BCUT2D eigenvalue weighted by atomic mass is 9.46. The first-order valence-electron chi connectivity index (χ1n) is 11.9. The summed E-state index contributed by atoms with van der Waals surface area (Å²) in [4.78, 5) is 18.1. The number of halogens is 2. The van der Waals surface area contributed by atoms with Gasteiger partial charge in [0.25, 0.3) is 0 Å². The van der Waals surface area contributed by atoms with Gasteiger partial charge in [0, 0.05) is 5.02 Å². The number of carbonyl (C=O) groups excluding carboxylic acids is 1. The van der Waals surface area contributed by atoms with E-state index in [1.807, 2.05) is 47.5 Å². The van der Waals surface area contributed by atoms with Crippen LogP contribution in [0.15, 0.2) is 30.6 Å². The Labute approximate surface area is 208 Å². The molecule has 4 saturated carbocycles. The Balaban J connectivity index is 1.28. The van der Waals surface area contributed by atoms with Crippen molar-refractivity contribution in [2.45, 2.75) is 64.5 Å². The summed E-state index contributed by atoms with van der Waals surface area (Å²) in [6.45, 7) is 4.52. The monoisotopic (exact) mass is 498 g/mol. The van der Waals surface area contributed by atoms with Crippen LogP contribution in [0.2, 0.25) is 10.3 Å². The molecule has 0 radical (unpaired) electrons. The summed E-state index contributed by atoms with van der Waals surface area (Å²) in [6, 6.07) is 7.78. The molecule has 2 unspecified atom stereocenters. The molecule has 2 aromatic heterocycles. The minimum absolute atomic E-state index is 0.112. The average Bonchev–Trinajstić information content (AvgIpc) is 3.34. The van der Waals surface area contributed by atoms with Crippen LogP contribution in [0.3, 0.4) is 0 Å². The maximum absolute atomic E-state index is 13.9. The van der Waals surface area contributed by atoms with Crippen LogP contribution in [0, 0.1) is 31.1 Å². The largest absolute Gasteiger partial charge is 0.322 e. The number of carbonyl (C=O) groups is 1. The Kier molecular flexibility index (Phi) is 5.08. The van der Waals surface area contributed by atoms with Gasteiger partial charge in [0.15, 0.2) is 0 Å². The van der Waals surface area contributed by atoms with Crippen LogP contribution >= 0.6 is 23.2 Å². The van der Waals surface area contributed by atoms with Crippen molar-refractivity contribution in [1.29, 1.82) is 0 Å². The zero-order valence-electron chi connectivity index (χ0n) is 19.4. The van der Waals surface area contributed by atoms with E-state index in [-0.39, 0.29) is 16.7 Å². The number of amides is 1. The highest BCUT2D eigenvalue weighted by Gasteiger charge is 2.61. The topological polar surface area (TPSA) is 77.6 Å². The molecule has 1 N–H and O–H groups in total. The highest BCUT2D eigenvalue weighted by molar-refractivity contribution is 6.31. The van der Waals surface area contributed by atoms with Gasteiger partial charge in [-0.05, 0) is 87.4 Å². The fraction of sp³-hybridized carbons (Fsp3) is 0.520. The van der Waals surface area contributed by atoms with Gasteiger partial charge in [-0.25, -0.2) is 9.67 Å². The minimum Gasteiger partial charge on any atom is -0.322 e. The van der Waals surface area contributed by atoms with Gasteiger partial charge in [-0.2, -0.15) is 5.10 Å². The van der Waals surface area contributed by atoms with E-state index in [2.05, 4.69) is 15.4 Å². The third-order valence-corrected chi connectivity index (χ3v) is 8.90. The molecule has 1 aromatic carbocycles. The van der Waals surface area contributed by atoms with Gasteiger partial charge >= 0.3 is 0 Å². The van der Waals surface area contributed by atoms with Crippen molar-refractivity contribution in [2.24, 2.45) is 17.3 Å². The normalized spacial score (nSPS) is 29.5. The molecule has 7 rings (SSSR count). The van der Waals surface area contributed by atoms with Crippen LogP contribution in [0.25, 0.3) is 0 Å². The third-order valence-electron chi connectivity index (χ3n) is 8.36. The van der Waals surface area contributed by atoms with E-state index in [1.165, 1.54) is 6.42 Å². The summed E-state index contributed by atoms with van der Waals surface area (Å²) in [5.74, 6) is 1.17. The summed E-state index contributed by atoms with van der Waals surface area (Å²) in [7, 11) is 0. The molecule has 0 saturated heterocycles. The second-order valence-corrected chi connectivity index (χ2v) is 11.4. The first kappa shape index (κ1) is 22.1. The van der Waals surface area contributed by atoms with E-state index in [9.17, 15) is 4.79 Å². The molecule has 2 heterocycles. The number of rotatable bonds is 5. The molecule has 178 valence electrons. The second kappa shape index (κ2) is 7.82. The Bertz CT molecular complexity index is 1270. The fourth-order valence-corrected chi connectivity index (χ4v) is 7.61. The Morgan fingerprint density at radius 1 is 1.12 bits per heavy atom. The summed E-state index contributed by atoms with van der Waals surface area (Å²) >= 11 is 12.4. The molecule has 0 aliphatic heterocycles. The van der Waals surface area contributed by atoms with Gasteiger partial charge in [-0.1, -0.05) is 29.8 Å². The zero-order chi connectivity index (χ0) is 23.7. The molecular formula is C25H28Cl2N6O. The Morgan fingerprint density at radius 3 is 2.53 bits per heavy atom. The molecule has 34 heavy (non-hydrogen) atoms. The van der Waals surface area contributed by atoms with Crippen LogP contribution < -0.4 is 5.32 Å². The van der Waals surface area contributed by atoms with Gasteiger partial charge < -0.3 is 5.32 Å². The van der Waals surface area contributed by atoms with Gasteiger partial charge in [-0.15, -0.1) is 5.10 Å². The lowest BCUT2D eigenvalue weighted by molar-refractivity contribution is -0.150. The van der Waals surface area contributed by atoms with E-state index >= 15 is 0 Å². The number of aromatic nitrogens is 5. The minimum atomic E-state index is -0.397. The zero-order valence-corrected chi connectivity index (χ0v) is 20.9. The Morgan fingerprint density at radius 2 is 1.85 bits per heavy atom. The summed E-state index contributed by atoms with van der Waals surface area (Å²) < 4.78 is 3.87. The molecular weight excluding hydrogens is 471 g/mol. The van der Waals surface area contributed by atoms with Crippen molar-refractivity contribution in [3.05, 3.63) is 57.9 Å². The number of nitrogens with zero attached hydrogens (tertiary/aromatic N) is 5. The molecule has 9 heteroatoms. The van der Waals surface area contributed by atoms with E-state index in [4.69, 9.17) is 28.3 Å². The van der Waals surface area contributed by atoms with Crippen LogP contribution in [0.5, 0.6) is 0 Å². The number of nitrogens with one attached hydrogen (secondary N) is 1.